The number of imidazole rings is 1. The number of aromatic nitrogens is 2. The van der Waals surface area contributed by atoms with Crippen LogP contribution in [0.3, 0.4) is 0 Å². The minimum absolute atomic E-state index is 0. The molecule has 1 aliphatic heterocycles. The smallest absolute Gasteiger partial charge is 0.341 e. The van der Waals surface area contributed by atoms with Crippen LogP contribution in [0.4, 0.5) is 13.2 Å². The molecule has 0 bridgehead atoms. The highest BCUT2D eigenvalue weighted by Crippen LogP contribution is 2.31. The van der Waals surface area contributed by atoms with Crippen molar-refractivity contribution in [2.75, 3.05) is 13.1 Å². The molecular weight excluding hydrogens is 344 g/mol. The van der Waals surface area contributed by atoms with Crippen molar-refractivity contribution >= 4 is 30.7 Å². The fourth-order valence-electron chi connectivity index (χ4n) is 2.35. The van der Waals surface area contributed by atoms with Crippen LogP contribution in [0.25, 0.3) is 0 Å². The summed E-state index contributed by atoms with van der Waals surface area (Å²) in [5, 5.41) is 0. The first-order chi connectivity index (χ1) is 9.29. The minimum Gasteiger partial charge on any atom is -0.341 e. The Kier molecular flexibility index (Phi) is 7.67. The molecule has 1 aromatic rings. The maximum Gasteiger partial charge on any atom is 0.432 e. The topological polar surface area (TPSA) is 75.0 Å². The Morgan fingerprint density at radius 2 is 1.95 bits per heavy atom. The van der Waals surface area contributed by atoms with Gasteiger partial charge < -0.3 is 15.6 Å². The van der Waals surface area contributed by atoms with Crippen LogP contribution in [0, 0.1) is 0 Å². The number of hydrogen-bond acceptors (Lipinski definition) is 3. The molecule has 1 amide bonds. The maximum atomic E-state index is 12.5. The largest absolute Gasteiger partial charge is 0.432 e. The Morgan fingerprint density at radius 3 is 2.36 bits per heavy atom. The van der Waals surface area contributed by atoms with Crippen LogP contribution in [0.15, 0.2) is 6.20 Å². The average Bonchev–Trinajstić information content (AvgIpc) is 2.87. The van der Waals surface area contributed by atoms with Gasteiger partial charge in [-0.3, -0.25) is 4.79 Å². The van der Waals surface area contributed by atoms with Crippen molar-refractivity contribution in [1.29, 1.82) is 0 Å². The van der Waals surface area contributed by atoms with Crippen LogP contribution in [0.1, 0.15) is 37.2 Å². The zero-order chi connectivity index (χ0) is 14.9. The van der Waals surface area contributed by atoms with Crippen LogP contribution in [0.5, 0.6) is 0 Å². The van der Waals surface area contributed by atoms with Gasteiger partial charge in [-0.1, -0.05) is 0 Å². The molecule has 128 valence electrons. The number of piperidine rings is 1. The van der Waals surface area contributed by atoms with E-state index in [0.717, 1.165) is 6.20 Å². The molecule has 1 atom stereocenters. The van der Waals surface area contributed by atoms with E-state index in [9.17, 15) is 18.0 Å². The van der Waals surface area contributed by atoms with Crippen molar-refractivity contribution in [3.63, 3.8) is 0 Å². The number of nitrogens with one attached hydrogen (secondary N) is 1. The monoisotopic (exact) mass is 362 g/mol. The molecule has 1 fully saturated rings. The van der Waals surface area contributed by atoms with Crippen molar-refractivity contribution in [1.82, 2.24) is 14.9 Å². The number of carbonyl (C=O) groups excluding carboxylic acids is 1. The highest BCUT2D eigenvalue weighted by atomic mass is 35.5. The number of nitrogens with zero attached hydrogens (tertiary/aromatic N) is 2. The van der Waals surface area contributed by atoms with Crippen LogP contribution < -0.4 is 5.73 Å². The van der Waals surface area contributed by atoms with E-state index in [2.05, 4.69) is 9.97 Å². The first kappa shape index (κ1) is 21.0. The van der Waals surface area contributed by atoms with E-state index in [1.54, 1.807) is 11.8 Å². The van der Waals surface area contributed by atoms with E-state index in [4.69, 9.17) is 5.73 Å². The van der Waals surface area contributed by atoms with E-state index in [-0.39, 0.29) is 36.6 Å². The molecule has 1 saturated heterocycles. The SMILES string of the molecule is C[C@@H](N)C(=O)N1CCC(c2ncc(C(F)(F)F)[nH]2)CC1.Cl.Cl. The summed E-state index contributed by atoms with van der Waals surface area (Å²) >= 11 is 0. The Balaban J connectivity index is 0.00000220. The van der Waals surface area contributed by atoms with Gasteiger partial charge >= 0.3 is 6.18 Å². The molecule has 3 N–H and O–H groups in total. The number of halogens is 5. The lowest BCUT2D eigenvalue weighted by Crippen LogP contribution is -2.45. The number of alkyl halides is 3. The fraction of sp³-hybridized carbons (Fsp3) is 0.667. The number of amides is 1. The Bertz CT molecular complexity index is 485. The maximum absolute atomic E-state index is 12.5. The number of likely N-dealkylation sites (tertiary alicyclic amines) is 1. The molecule has 0 unspecified atom stereocenters. The van der Waals surface area contributed by atoms with Gasteiger partial charge in [0, 0.05) is 19.0 Å². The molecule has 1 aliphatic rings. The van der Waals surface area contributed by atoms with Gasteiger partial charge in [0.25, 0.3) is 0 Å². The molecule has 0 aliphatic carbocycles. The number of aromatic amines is 1. The summed E-state index contributed by atoms with van der Waals surface area (Å²) in [4.78, 5) is 19.5. The lowest BCUT2D eigenvalue weighted by molar-refractivity contribution is -0.141. The summed E-state index contributed by atoms with van der Waals surface area (Å²) in [7, 11) is 0. The number of hydrogen-bond donors (Lipinski definition) is 2. The first-order valence-electron chi connectivity index (χ1n) is 6.45. The van der Waals surface area contributed by atoms with Crippen LogP contribution in [-0.4, -0.2) is 39.9 Å². The Hall–Kier alpha value is -0.990. The molecule has 10 heteroatoms. The zero-order valence-corrected chi connectivity index (χ0v) is 13.5. The predicted molar refractivity (Wildman–Crippen MR) is 80.3 cm³/mol. The standard InChI is InChI=1S/C12H17F3N4O.2ClH/c1-7(16)11(20)19-4-2-8(3-5-19)10-17-6-9(18-10)12(13,14)15;;/h6-8H,2-5,16H2,1H3,(H,17,18);2*1H/t7-;;/m1../s1. The van der Waals surface area contributed by atoms with Crippen LogP contribution in [0.2, 0.25) is 0 Å². The van der Waals surface area contributed by atoms with Gasteiger partial charge in [0.05, 0.1) is 12.2 Å². The number of rotatable bonds is 2. The molecule has 2 heterocycles. The van der Waals surface area contributed by atoms with Gasteiger partial charge in [-0.15, -0.1) is 24.8 Å². The van der Waals surface area contributed by atoms with Gasteiger partial charge in [-0.05, 0) is 19.8 Å². The third-order valence-corrected chi connectivity index (χ3v) is 3.48. The van der Waals surface area contributed by atoms with Gasteiger partial charge in [0.1, 0.15) is 11.5 Å². The van der Waals surface area contributed by atoms with E-state index in [0.29, 0.717) is 31.8 Å². The molecule has 0 radical (unpaired) electrons. The van der Waals surface area contributed by atoms with Gasteiger partial charge in [-0.2, -0.15) is 13.2 Å². The lowest BCUT2D eigenvalue weighted by atomic mass is 9.96. The Morgan fingerprint density at radius 1 is 1.41 bits per heavy atom. The fourth-order valence-corrected chi connectivity index (χ4v) is 2.35. The van der Waals surface area contributed by atoms with E-state index in [1.165, 1.54) is 0 Å². The molecule has 0 aromatic carbocycles. The summed E-state index contributed by atoms with van der Waals surface area (Å²) in [5.74, 6) is 0.132. The second-order valence-electron chi connectivity index (χ2n) is 5.07. The summed E-state index contributed by atoms with van der Waals surface area (Å²) in [6, 6.07) is -0.549. The minimum atomic E-state index is -4.41. The number of nitrogens with two attached hydrogens (primary N) is 1. The van der Waals surface area contributed by atoms with Crippen molar-refractivity contribution in [3.05, 3.63) is 17.7 Å². The lowest BCUT2D eigenvalue weighted by Gasteiger charge is -2.32. The van der Waals surface area contributed by atoms with Crippen molar-refractivity contribution in [3.8, 4) is 0 Å². The predicted octanol–water partition coefficient (Wildman–Crippen LogP) is 2.33. The third kappa shape index (κ3) is 4.76. The third-order valence-electron chi connectivity index (χ3n) is 3.48. The summed E-state index contributed by atoms with van der Waals surface area (Å²) in [6.45, 7) is 2.61. The summed E-state index contributed by atoms with van der Waals surface area (Å²) in [5.41, 5.74) is 4.70. The number of H-pyrrole nitrogens is 1. The molecule has 22 heavy (non-hydrogen) atoms. The second kappa shape index (κ2) is 8.03. The van der Waals surface area contributed by atoms with Gasteiger partial charge in [0.2, 0.25) is 5.91 Å². The molecular formula is C12H19Cl2F3N4O. The van der Waals surface area contributed by atoms with Crippen molar-refractivity contribution in [2.45, 2.75) is 37.9 Å². The molecule has 1 aromatic heterocycles. The normalized spacial score (nSPS) is 17.4. The van der Waals surface area contributed by atoms with Gasteiger partial charge in [0.15, 0.2) is 0 Å². The molecule has 5 nitrogen and oxygen atoms in total. The van der Waals surface area contributed by atoms with Crippen LogP contribution >= 0.6 is 24.8 Å². The second-order valence-corrected chi connectivity index (χ2v) is 5.07. The average molecular weight is 363 g/mol. The molecule has 0 saturated carbocycles. The quantitative estimate of drug-likeness (QED) is 0.847. The zero-order valence-electron chi connectivity index (χ0n) is 11.9. The van der Waals surface area contributed by atoms with Gasteiger partial charge in [-0.25, -0.2) is 4.98 Å². The first-order valence-corrected chi connectivity index (χ1v) is 6.45. The molecule has 2 rings (SSSR count). The van der Waals surface area contributed by atoms with Crippen molar-refractivity contribution < 1.29 is 18.0 Å². The van der Waals surface area contributed by atoms with Crippen molar-refractivity contribution in [2.24, 2.45) is 5.73 Å². The van der Waals surface area contributed by atoms with E-state index >= 15 is 0 Å². The van der Waals surface area contributed by atoms with E-state index in [1.807, 2.05) is 0 Å². The van der Waals surface area contributed by atoms with E-state index < -0.39 is 17.9 Å². The van der Waals surface area contributed by atoms with Crippen LogP contribution in [-0.2, 0) is 11.0 Å². The highest BCUT2D eigenvalue weighted by molar-refractivity contribution is 5.85. The number of carbonyl (C=O) groups is 1. The summed E-state index contributed by atoms with van der Waals surface area (Å²) < 4.78 is 37.5. The Labute approximate surface area is 138 Å². The summed E-state index contributed by atoms with van der Waals surface area (Å²) in [6.07, 6.45) is -2.42. The highest BCUT2D eigenvalue weighted by Gasteiger charge is 2.34. The molecule has 0 spiro atoms.